The van der Waals surface area contributed by atoms with Crippen LogP contribution in [-0.4, -0.2) is 15.9 Å². The van der Waals surface area contributed by atoms with Gasteiger partial charge in [-0.1, -0.05) is 12.1 Å². The van der Waals surface area contributed by atoms with Crippen molar-refractivity contribution in [2.24, 2.45) is 0 Å². The minimum Gasteiger partial charge on any atom is -0.348 e. The van der Waals surface area contributed by atoms with E-state index in [1.54, 1.807) is 18.2 Å². The topological polar surface area (TPSA) is 54.9 Å². The third-order valence-electron chi connectivity index (χ3n) is 4.07. The second-order valence-corrected chi connectivity index (χ2v) is 5.98. The van der Waals surface area contributed by atoms with Crippen LogP contribution in [0.15, 0.2) is 42.5 Å². The van der Waals surface area contributed by atoms with Crippen molar-refractivity contribution in [1.82, 2.24) is 15.3 Å². The van der Waals surface area contributed by atoms with E-state index >= 15 is 0 Å². The molecule has 1 N–H and O–H groups in total. The summed E-state index contributed by atoms with van der Waals surface area (Å²) in [5, 5.41) is 2.70. The normalized spacial score (nSPS) is 11.6. The molecule has 0 atom stereocenters. The maximum atomic E-state index is 12.6. The molecular weight excluding hydrogens is 343 g/mol. The molecule has 0 aliphatic heterocycles. The summed E-state index contributed by atoms with van der Waals surface area (Å²) in [6.07, 6.45) is -4.37. The summed E-state index contributed by atoms with van der Waals surface area (Å²) in [6.45, 7) is 3.85. The molecular formula is C19H16F3N3O. The van der Waals surface area contributed by atoms with Gasteiger partial charge in [0.1, 0.15) is 0 Å². The van der Waals surface area contributed by atoms with Crippen molar-refractivity contribution in [1.29, 1.82) is 0 Å². The highest BCUT2D eigenvalue weighted by Crippen LogP contribution is 2.29. The van der Waals surface area contributed by atoms with E-state index in [4.69, 9.17) is 0 Å². The number of hydrogen-bond acceptors (Lipinski definition) is 3. The van der Waals surface area contributed by atoms with Crippen LogP contribution in [0.1, 0.15) is 32.9 Å². The highest BCUT2D eigenvalue weighted by molar-refractivity contribution is 5.97. The van der Waals surface area contributed by atoms with E-state index in [1.165, 1.54) is 12.1 Å². The van der Waals surface area contributed by atoms with Gasteiger partial charge in [-0.25, -0.2) is 9.97 Å². The largest absolute Gasteiger partial charge is 0.416 e. The van der Waals surface area contributed by atoms with Crippen LogP contribution in [0, 0.1) is 13.8 Å². The molecule has 1 amide bonds. The smallest absolute Gasteiger partial charge is 0.348 e. The Kier molecular flexibility index (Phi) is 4.63. The first kappa shape index (κ1) is 17.8. The van der Waals surface area contributed by atoms with Crippen molar-refractivity contribution in [2.75, 3.05) is 0 Å². The van der Waals surface area contributed by atoms with Gasteiger partial charge in [-0.3, -0.25) is 4.79 Å². The molecule has 0 saturated heterocycles. The van der Waals surface area contributed by atoms with Crippen molar-refractivity contribution in [3.05, 3.63) is 70.5 Å². The maximum absolute atomic E-state index is 12.6. The highest BCUT2D eigenvalue weighted by Gasteiger charge is 2.29. The fourth-order valence-corrected chi connectivity index (χ4v) is 2.47. The van der Waals surface area contributed by atoms with E-state index in [0.717, 1.165) is 23.5 Å². The summed E-state index contributed by atoms with van der Waals surface area (Å²) in [4.78, 5) is 21.1. The number of amides is 1. The predicted octanol–water partition coefficient (Wildman–Crippen LogP) is 4.20. The van der Waals surface area contributed by atoms with Gasteiger partial charge in [0, 0.05) is 12.1 Å². The SMILES string of the molecule is Cc1nc2ccc(C(=O)NCc3ccc(C(F)(F)F)cc3)cc2nc1C. The standard InChI is InChI=1S/C19H16F3N3O/c1-11-12(2)25-17-9-14(5-8-16(17)24-11)18(26)23-10-13-3-6-15(7-4-13)19(20,21)22/h3-9H,10H2,1-2H3,(H,23,26). The summed E-state index contributed by atoms with van der Waals surface area (Å²) >= 11 is 0. The van der Waals surface area contributed by atoms with E-state index in [2.05, 4.69) is 15.3 Å². The Hall–Kier alpha value is -2.96. The van der Waals surface area contributed by atoms with Crippen molar-refractivity contribution in [3.63, 3.8) is 0 Å². The molecule has 134 valence electrons. The Morgan fingerprint density at radius 3 is 2.19 bits per heavy atom. The third-order valence-corrected chi connectivity index (χ3v) is 4.07. The van der Waals surface area contributed by atoms with E-state index in [0.29, 0.717) is 22.2 Å². The third kappa shape index (κ3) is 3.82. The number of hydrogen-bond donors (Lipinski definition) is 1. The molecule has 0 aliphatic carbocycles. The first-order valence-corrected chi connectivity index (χ1v) is 7.93. The van der Waals surface area contributed by atoms with Gasteiger partial charge in [-0.15, -0.1) is 0 Å². The predicted molar refractivity (Wildman–Crippen MR) is 91.6 cm³/mol. The van der Waals surface area contributed by atoms with Gasteiger partial charge in [0.15, 0.2) is 0 Å². The average Bonchev–Trinajstić information content (AvgIpc) is 2.60. The lowest BCUT2D eigenvalue weighted by molar-refractivity contribution is -0.137. The van der Waals surface area contributed by atoms with Crippen molar-refractivity contribution >= 4 is 16.9 Å². The summed E-state index contributed by atoms with van der Waals surface area (Å²) in [6, 6.07) is 9.71. The van der Waals surface area contributed by atoms with E-state index in [-0.39, 0.29) is 12.5 Å². The number of nitrogens with one attached hydrogen (secondary N) is 1. The van der Waals surface area contributed by atoms with Gasteiger partial charge < -0.3 is 5.32 Å². The number of nitrogens with zero attached hydrogens (tertiary/aromatic N) is 2. The van der Waals surface area contributed by atoms with Crippen LogP contribution in [0.4, 0.5) is 13.2 Å². The molecule has 7 heteroatoms. The van der Waals surface area contributed by atoms with Crippen LogP contribution >= 0.6 is 0 Å². The molecule has 0 spiro atoms. The molecule has 4 nitrogen and oxygen atoms in total. The lowest BCUT2D eigenvalue weighted by Gasteiger charge is -2.09. The molecule has 0 bridgehead atoms. The van der Waals surface area contributed by atoms with Gasteiger partial charge in [0.2, 0.25) is 0 Å². The number of halogens is 3. The van der Waals surface area contributed by atoms with Crippen LogP contribution in [0.25, 0.3) is 11.0 Å². The number of rotatable bonds is 3. The summed E-state index contributed by atoms with van der Waals surface area (Å²) < 4.78 is 37.7. The van der Waals surface area contributed by atoms with Gasteiger partial charge in [-0.2, -0.15) is 13.2 Å². The molecule has 3 rings (SSSR count). The van der Waals surface area contributed by atoms with Gasteiger partial charge in [-0.05, 0) is 49.7 Å². The first-order chi connectivity index (χ1) is 12.2. The lowest BCUT2D eigenvalue weighted by atomic mass is 10.1. The molecule has 0 radical (unpaired) electrons. The minimum absolute atomic E-state index is 0.133. The quantitative estimate of drug-likeness (QED) is 0.763. The van der Waals surface area contributed by atoms with E-state index in [9.17, 15) is 18.0 Å². The van der Waals surface area contributed by atoms with Crippen LogP contribution in [-0.2, 0) is 12.7 Å². The molecule has 1 heterocycles. The summed E-state index contributed by atoms with van der Waals surface area (Å²) in [7, 11) is 0. The summed E-state index contributed by atoms with van der Waals surface area (Å²) in [5.41, 5.74) is 3.23. The monoisotopic (exact) mass is 359 g/mol. The zero-order chi connectivity index (χ0) is 18.9. The molecule has 0 fully saturated rings. The Morgan fingerprint density at radius 2 is 1.58 bits per heavy atom. The molecule has 0 aliphatic rings. The Labute approximate surface area is 148 Å². The van der Waals surface area contributed by atoms with Gasteiger partial charge in [0.25, 0.3) is 5.91 Å². The number of aromatic nitrogens is 2. The average molecular weight is 359 g/mol. The number of alkyl halides is 3. The Morgan fingerprint density at radius 1 is 0.962 bits per heavy atom. The van der Waals surface area contributed by atoms with Crippen LogP contribution < -0.4 is 5.32 Å². The molecule has 1 aromatic heterocycles. The van der Waals surface area contributed by atoms with Gasteiger partial charge >= 0.3 is 6.18 Å². The van der Waals surface area contributed by atoms with Crippen molar-refractivity contribution in [3.8, 4) is 0 Å². The molecule has 3 aromatic rings. The second-order valence-electron chi connectivity index (χ2n) is 5.98. The first-order valence-electron chi connectivity index (χ1n) is 7.93. The molecule has 26 heavy (non-hydrogen) atoms. The van der Waals surface area contributed by atoms with Crippen LogP contribution in [0.5, 0.6) is 0 Å². The Balaban J connectivity index is 1.72. The molecule has 0 unspecified atom stereocenters. The highest BCUT2D eigenvalue weighted by atomic mass is 19.4. The van der Waals surface area contributed by atoms with Crippen LogP contribution in [0.2, 0.25) is 0 Å². The number of aryl methyl sites for hydroxylation is 2. The number of benzene rings is 2. The van der Waals surface area contributed by atoms with Crippen molar-refractivity contribution in [2.45, 2.75) is 26.6 Å². The van der Waals surface area contributed by atoms with Crippen LogP contribution in [0.3, 0.4) is 0 Å². The Bertz CT molecular complexity index is 966. The lowest BCUT2D eigenvalue weighted by Crippen LogP contribution is -2.22. The number of carbonyl (C=O) groups excluding carboxylic acids is 1. The van der Waals surface area contributed by atoms with Crippen molar-refractivity contribution < 1.29 is 18.0 Å². The number of fused-ring (bicyclic) bond motifs is 1. The zero-order valence-electron chi connectivity index (χ0n) is 14.2. The second kappa shape index (κ2) is 6.74. The fraction of sp³-hybridized carbons (Fsp3) is 0.211. The zero-order valence-corrected chi connectivity index (χ0v) is 14.2. The molecule has 0 saturated carbocycles. The van der Waals surface area contributed by atoms with E-state index < -0.39 is 11.7 Å². The summed E-state index contributed by atoms with van der Waals surface area (Å²) in [5.74, 6) is -0.327. The maximum Gasteiger partial charge on any atom is 0.416 e. The minimum atomic E-state index is -4.37. The fourth-order valence-electron chi connectivity index (χ4n) is 2.47. The van der Waals surface area contributed by atoms with E-state index in [1.807, 2.05) is 13.8 Å². The van der Waals surface area contributed by atoms with Gasteiger partial charge in [0.05, 0.1) is 28.0 Å². The number of carbonyl (C=O) groups is 1. The molecule has 2 aromatic carbocycles.